The molecule has 6 heteroatoms. The van der Waals surface area contributed by atoms with Gasteiger partial charge >= 0.3 is 6.03 Å². The van der Waals surface area contributed by atoms with Crippen LogP contribution >= 0.6 is 11.6 Å². The van der Waals surface area contributed by atoms with Crippen molar-refractivity contribution in [3.8, 4) is 5.75 Å². The van der Waals surface area contributed by atoms with Gasteiger partial charge in [0.1, 0.15) is 11.6 Å². The summed E-state index contributed by atoms with van der Waals surface area (Å²) in [7, 11) is 1.63. The van der Waals surface area contributed by atoms with Crippen LogP contribution in [0.25, 0.3) is 0 Å². The number of halogens is 1. The van der Waals surface area contributed by atoms with Crippen LogP contribution in [0.5, 0.6) is 5.75 Å². The fourth-order valence-corrected chi connectivity index (χ4v) is 1.94. The minimum Gasteiger partial charge on any atom is -0.497 e. The number of carbonyl (C=O) groups is 1. The van der Waals surface area contributed by atoms with Gasteiger partial charge < -0.3 is 10.1 Å². The summed E-state index contributed by atoms with van der Waals surface area (Å²) in [6, 6.07) is 10.7. The number of aromatic nitrogens is 1. The Labute approximate surface area is 128 Å². The zero-order valence-electron chi connectivity index (χ0n) is 11.6. The molecule has 2 rings (SSSR count). The normalized spacial score (nSPS) is 10.0. The summed E-state index contributed by atoms with van der Waals surface area (Å²) in [5, 5.41) is 5.91. The Bertz CT molecular complexity index is 619. The number of carbonyl (C=O) groups excluding carboxylic acids is 1. The van der Waals surface area contributed by atoms with E-state index < -0.39 is 0 Å². The number of hydrogen-bond acceptors (Lipinski definition) is 3. The number of rotatable bonds is 5. The molecule has 0 unspecified atom stereocenters. The van der Waals surface area contributed by atoms with E-state index >= 15 is 0 Å². The first-order valence-electron chi connectivity index (χ1n) is 6.47. The number of nitrogens with zero attached hydrogens (tertiary/aromatic N) is 1. The predicted octanol–water partition coefficient (Wildman–Crippen LogP) is 3.11. The van der Waals surface area contributed by atoms with Gasteiger partial charge in [0.05, 0.1) is 7.11 Å². The summed E-state index contributed by atoms with van der Waals surface area (Å²) in [6.45, 7) is 0.513. The first-order valence-corrected chi connectivity index (χ1v) is 6.84. The van der Waals surface area contributed by atoms with E-state index in [1.165, 1.54) is 6.20 Å². The van der Waals surface area contributed by atoms with Gasteiger partial charge in [-0.15, -0.1) is 0 Å². The molecule has 0 spiro atoms. The van der Waals surface area contributed by atoms with E-state index in [0.29, 0.717) is 23.8 Å². The third kappa shape index (κ3) is 4.96. The fourth-order valence-electron chi connectivity index (χ4n) is 1.78. The molecule has 0 saturated heterocycles. The Morgan fingerprint density at radius 1 is 1.33 bits per heavy atom. The van der Waals surface area contributed by atoms with Crippen molar-refractivity contribution in [1.29, 1.82) is 0 Å². The number of amides is 2. The minimum atomic E-state index is -0.312. The molecule has 0 radical (unpaired) electrons. The summed E-state index contributed by atoms with van der Waals surface area (Å²) >= 11 is 5.82. The smallest absolute Gasteiger partial charge is 0.320 e. The van der Waals surface area contributed by atoms with Gasteiger partial charge in [0, 0.05) is 17.8 Å². The number of methoxy groups -OCH3 is 1. The average molecular weight is 306 g/mol. The lowest BCUT2D eigenvalue weighted by Crippen LogP contribution is -2.30. The van der Waals surface area contributed by atoms with Gasteiger partial charge in [-0.1, -0.05) is 23.7 Å². The molecule has 2 amide bonds. The molecule has 0 aliphatic heterocycles. The van der Waals surface area contributed by atoms with Crippen molar-refractivity contribution in [1.82, 2.24) is 10.3 Å². The lowest BCUT2D eigenvalue weighted by molar-refractivity contribution is 0.252. The van der Waals surface area contributed by atoms with Crippen LogP contribution in [0.3, 0.4) is 0 Å². The van der Waals surface area contributed by atoms with Crippen molar-refractivity contribution in [2.75, 3.05) is 19.0 Å². The standard InChI is InChI=1S/C15H16ClN3O2/c1-21-13-4-2-3-11(9-13)5-7-18-15(20)19-14-10-12(16)6-8-17-14/h2-4,6,8-10H,5,7H2,1H3,(H2,17,18,19,20). The second-order valence-electron chi connectivity index (χ2n) is 4.34. The maximum absolute atomic E-state index is 11.7. The number of anilines is 1. The highest BCUT2D eigenvalue weighted by Crippen LogP contribution is 2.13. The molecule has 110 valence electrons. The summed E-state index contributed by atoms with van der Waals surface area (Å²) in [4.78, 5) is 15.7. The van der Waals surface area contributed by atoms with Gasteiger partial charge in [0.15, 0.2) is 0 Å². The van der Waals surface area contributed by atoms with Gasteiger partial charge in [0.25, 0.3) is 0 Å². The molecule has 0 aliphatic carbocycles. The van der Waals surface area contributed by atoms with E-state index in [-0.39, 0.29) is 6.03 Å². The predicted molar refractivity (Wildman–Crippen MR) is 83.0 cm³/mol. The number of pyridine rings is 1. The molecule has 0 bridgehead atoms. The first-order chi connectivity index (χ1) is 10.2. The van der Waals surface area contributed by atoms with Gasteiger partial charge in [0.2, 0.25) is 0 Å². The molecule has 0 aliphatic rings. The van der Waals surface area contributed by atoms with Gasteiger partial charge in [-0.3, -0.25) is 5.32 Å². The number of benzene rings is 1. The average Bonchev–Trinajstić information content (AvgIpc) is 2.47. The summed E-state index contributed by atoms with van der Waals surface area (Å²) in [6.07, 6.45) is 2.25. The summed E-state index contributed by atoms with van der Waals surface area (Å²) < 4.78 is 5.15. The molecule has 0 atom stereocenters. The number of urea groups is 1. The Kier molecular flexibility index (Phi) is 5.40. The second kappa shape index (κ2) is 7.50. The monoisotopic (exact) mass is 305 g/mol. The maximum Gasteiger partial charge on any atom is 0.320 e. The van der Waals surface area contributed by atoms with Crippen molar-refractivity contribution in [3.05, 3.63) is 53.2 Å². The second-order valence-corrected chi connectivity index (χ2v) is 4.78. The summed E-state index contributed by atoms with van der Waals surface area (Å²) in [5.74, 6) is 1.22. The first kappa shape index (κ1) is 15.1. The molecular weight excluding hydrogens is 290 g/mol. The molecule has 21 heavy (non-hydrogen) atoms. The SMILES string of the molecule is COc1cccc(CCNC(=O)Nc2cc(Cl)ccn2)c1. The van der Waals surface area contributed by atoms with Crippen LogP contribution in [0.2, 0.25) is 5.02 Å². The quantitative estimate of drug-likeness (QED) is 0.892. The number of hydrogen-bond donors (Lipinski definition) is 2. The van der Waals surface area contributed by atoms with Gasteiger partial charge in [-0.25, -0.2) is 9.78 Å². The number of nitrogens with one attached hydrogen (secondary N) is 2. The van der Waals surface area contributed by atoms with Crippen LogP contribution < -0.4 is 15.4 Å². The van der Waals surface area contributed by atoms with Crippen LogP contribution in [0.4, 0.5) is 10.6 Å². The van der Waals surface area contributed by atoms with Crippen molar-refractivity contribution in [2.24, 2.45) is 0 Å². The van der Waals surface area contributed by atoms with E-state index in [9.17, 15) is 4.79 Å². The highest BCUT2D eigenvalue weighted by Gasteiger charge is 2.03. The van der Waals surface area contributed by atoms with Crippen molar-refractivity contribution < 1.29 is 9.53 Å². The van der Waals surface area contributed by atoms with Gasteiger partial charge in [-0.2, -0.15) is 0 Å². The van der Waals surface area contributed by atoms with Crippen molar-refractivity contribution in [2.45, 2.75) is 6.42 Å². The third-order valence-electron chi connectivity index (χ3n) is 2.80. The van der Waals surface area contributed by atoms with Crippen LogP contribution in [0, 0.1) is 0 Å². The minimum absolute atomic E-state index is 0.312. The molecule has 1 aromatic heterocycles. The molecular formula is C15H16ClN3O2. The zero-order valence-corrected chi connectivity index (χ0v) is 12.4. The lowest BCUT2D eigenvalue weighted by Gasteiger charge is -2.08. The Morgan fingerprint density at radius 3 is 2.95 bits per heavy atom. The van der Waals surface area contributed by atoms with E-state index in [1.54, 1.807) is 19.2 Å². The molecule has 0 saturated carbocycles. The maximum atomic E-state index is 11.7. The van der Waals surface area contributed by atoms with Crippen LogP contribution in [-0.4, -0.2) is 24.7 Å². The van der Waals surface area contributed by atoms with E-state index in [0.717, 1.165) is 11.3 Å². The summed E-state index contributed by atoms with van der Waals surface area (Å²) in [5.41, 5.74) is 1.09. The Morgan fingerprint density at radius 2 is 2.19 bits per heavy atom. The topological polar surface area (TPSA) is 63.2 Å². The van der Waals surface area contributed by atoms with Crippen LogP contribution in [0.15, 0.2) is 42.6 Å². The third-order valence-corrected chi connectivity index (χ3v) is 3.03. The molecule has 1 aromatic carbocycles. The lowest BCUT2D eigenvalue weighted by atomic mass is 10.1. The largest absolute Gasteiger partial charge is 0.497 e. The highest BCUT2D eigenvalue weighted by atomic mass is 35.5. The molecule has 5 nitrogen and oxygen atoms in total. The molecule has 2 aromatic rings. The van der Waals surface area contributed by atoms with Crippen LogP contribution in [-0.2, 0) is 6.42 Å². The van der Waals surface area contributed by atoms with Crippen molar-refractivity contribution in [3.63, 3.8) is 0 Å². The van der Waals surface area contributed by atoms with Gasteiger partial charge in [-0.05, 0) is 36.2 Å². The zero-order chi connectivity index (χ0) is 15.1. The highest BCUT2D eigenvalue weighted by molar-refractivity contribution is 6.30. The van der Waals surface area contributed by atoms with Crippen molar-refractivity contribution >= 4 is 23.4 Å². The molecule has 2 N–H and O–H groups in total. The molecule has 0 fully saturated rings. The Balaban J connectivity index is 1.79. The van der Waals surface area contributed by atoms with Crippen LogP contribution in [0.1, 0.15) is 5.56 Å². The molecule has 1 heterocycles. The van der Waals surface area contributed by atoms with E-state index in [4.69, 9.17) is 16.3 Å². The number of ether oxygens (including phenoxy) is 1. The Hall–Kier alpha value is -2.27. The van der Waals surface area contributed by atoms with E-state index in [2.05, 4.69) is 15.6 Å². The van der Waals surface area contributed by atoms with E-state index in [1.807, 2.05) is 24.3 Å². The fraction of sp³-hybridized carbons (Fsp3) is 0.200.